The minimum Gasteiger partial charge on any atom is -0.487 e. The first-order valence-corrected chi connectivity index (χ1v) is 6.94. The Morgan fingerprint density at radius 2 is 2.00 bits per heavy atom. The number of hydrogen-bond donors (Lipinski definition) is 1. The molecule has 0 aromatic heterocycles. The highest BCUT2D eigenvalue weighted by atomic mass is 35.5. The molecule has 20 heavy (non-hydrogen) atoms. The molecule has 2 rings (SSSR count). The van der Waals surface area contributed by atoms with Gasteiger partial charge in [0.25, 0.3) is 0 Å². The Morgan fingerprint density at radius 3 is 2.70 bits per heavy atom. The van der Waals surface area contributed by atoms with E-state index in [4.69, 9.17) is 16.3 Å². The van der Waals surface area contributed by atoms with Crippen LogP contribution in [0.15, 0.2) is 42.5 Å². The molecule has 0 aliphatic rings. The molecule has 4 heteroatoms. The Hall–Kier alpha value is -1.58. The number of hydrogen-bond acceptors (Lipinski definition) is 2. The van der Waals surface area contributed by atoms with Crippen molar-refractivity contribution in [1.29, 1.82) is 0 Å². The monoisotopic (exact) mass is 293 g/mol. The van der Waals surface area contributed by atoms with Gasteiger partial charge in [-0.25, -0.2) is 4.39 Å². The van der Waals surface area contributed by atoms with Crippen molar-refractivity contribution in [3.05, 3.63) is 64.4 Å². The third-order valence-electron chi connectivity index (χ3n) is 2.92. The van der Waals surface area contributed by atoms with Crippen molar-refractivity contribution < 1.29 is 9.13 Å². The molecule has 2 aromatic carbocycles. The fraction of sp³-hybridized carbons (Fsp3) is 0.250. The molecule has 0 amide bonds. The maximum absolute atomic E-state index is 13.5. The fourth-order valence-corrected chi connectivity index (χ4v) is 2.07. The highest BCUT2D eigenvalue weighted by Crippen LogP contribution is 2.26. The molecule has 0 bridgehead atoms. The largest absolute Gasteiger partial charge is 0.487 e. The van der Waals surface area contributed by atoms with Crippen LogP contribution in [0.4, 0.5) is 4.39 Å². The molecule has 0 aliphatic heterocycles. The molecule has 1 N–H and O–H groups in total. The molecule has 0 spiro atoms. The summed E-state index contributed by atoms with van der Waals surface area (Å²) in [6.45, 7) is 3.89. The minimum atomic E-state index is -0.271. The first-order chi connectivity index (χ1) is 9.70. The number of ether oxygens (including phenoxy) is 1. The van der Waals surface area contributed by atoms with Crippen molar-refractivity contribution in [2.24, 2.45) is 0 Å². The van der Waals surface area contributed by atoms with E-state index in [0.717, 1.165) is 18.7 Å². The van der Waals surface area contributed by atoms with Crippen molar-refractivity contribution in [1.82, 2.24) is 5.32 Å². The Labute approximate surface area is 123 Å². The predicted octanol–water partition coefficient (Wildman–Crippen LogP) is 4.17. The molecular formula is C16H17ClFNO. The standard InChI is InChI=1S/C16H17ClFNO/c1-2-19-10-12-7-8-16(14(17)9-12)20-11-13-5-3-4-6-15(13)18/h3-9,19H,2,10-11H2,1H3. The summed E-state index contributed by atoms with van der Waals surface area (Å²) in [6, 6.07) is 12.2. The second-order valence-electron chi connectivity index (χ2n) is 4.43. The Balaban J connectivity index is 2.01. The second kappa shape index (κ2) is 7.27. The van der Waals surface area contributed by atoms with Gasteiger partial charge < -0.3 is 10.1 Å². The summed E-state index contributed by atoms with van der Waals surface area (Å²) >= 11 is 6.17. The van der Waals surface area contributed by atoms with Crippen LogP contribution in [-0.2, 0) is 13.2 Å². The topological polar surface area (TPSA) is 21.3 Å². The predicted molar refractivity (Wildman–Crippen MR) is 79.6 cm³/mol. The van der Waals surface area contributed by atoms with E-state index in [1.54, 1.807) is 18.2 Å². The molecule has 0 fully saturated rings. The van der Waals surface area contributed by atoms with E-state index in [9.17, 15) is 4.39 Å². The Bertz CT molecular complexity index is 574. The van der Waals surface area contributed by atoms with Crippen LogP contribution >= 0.6 is 11.6 Å². The summed E-state index contributed by atoms with van der Waals surface area (Å²) in [5, 5.41) is 3.77. The fourth-order valence-electron chi connectivity index (χ4n) is 1.81. The smallest absolute Gasteiger partial charge is 0.138 e. The zero-order chi connectivity index (χ0) is 14.4. The maximum Gasteiger partial charge on any atom is 0.138 e. The molecule has 0 aliphatic carbocycles. The van der Waals surface area contributed by atoms with E-state index < -0.39 is 0 Å². The van der Waals surface area contributed by atoms with Crippen molar-refractivity contribution in [2.45, 2.75) is 20.1 Å². The van der Waals surface area contributed by atoms with Gasteiger partial charge in [0.2, 0.25) is 0 Å². The van der Waals surface area contributed by atoms with Crippen LogP contribution in [0.2, 0.25) is 5.02 Å². The van der Waals surface area contributed by atoms with Crippen molar-refractivity contribution in [3.8, 4) is 5.75 Å². The molecule has 2 aromatic rings. The molecule has 0 unspecified atom stereocenters. The number of rotatable bonds is 6. The van der Waals surface area contributed by atoms with E-state index in [1.165, 1.54) is 6.07 Å². The molecule has 0 radical (unpaired) electrons. The molecule has 0 heterocycles. The van der Waals surface area contributed by atoms with E-state index in [2.05, 4.69) is 5.32 Å². The van der Waals surface area contributed by atoms with Gasteiger partial charge in [-0.05, 0) is 30.3 Å². The summed E-state index contributed by atoms with van der Waals surface area (Å²) in [5.74, 6) is 0.294. The maximum atomic E-state index is 13.5. The van der Waals surface area contributed by atoms with Gasteiger partial charge in [-0.1, -0.05) is 42.8 Å². The van der Waals surface area contributed by atoms with Gasteiger partial charge in [-0.2, -0.15) is 0 Å². The Morgan fingerprint density at radius 1 is 1.20 bits per heavy atom. The van der Waals surface area contributed by atoms with Crippen LogP contribution in [0.25, 0.3) is 0 Å². The highest BCUT2D eigenvalue weighted by molar-refractivity contribution is 6.32. The highest BCUT2D eigenvalue weighted by Gasteiger charge is 2.06. The molecule has 2 nitrogen and oxygen atoms in total. The van der Waals surface area contributed by atoms with Crippen molar-refractivity contribution >= 4 is 11.6 Å². The van der Waals surface area contributed by atoms with Crippen LogP contribution < -0.4 is 10.1 Å². The van der Waals surface area contributed by atoms with Crippen molar-refractivity contribution in [3.63, 3.8) is 0 Å². The lowest BCUT2D eigenvalue weighted by Gasteiger charge is -2.10. The summed E-state index contributed by atoms with van der Waals surface area (Å²) in [4.78, 5) is 0. The van der Waals surface area contributed by atoms with Crippen LogP contribution in [0, 0.1) is 5.82 Å². The molecule has 106 valence electrons. The van der Waals surface area contributed by atoms with Gasteiger partial charge in [-0.3, -0.25) is 0 Å². The molecule has 0 saturated heterocycles. The van der Waals surface area contributed by atoms with Crippen molar-refractivity contribution in [2.75, 3.05) is 6.54 Å². The van der Waals surface area contributed by atoms with E-state index >= 15 is 0 Å². The zero-order valence-corrected chi connectivity index (χ0v) is 12.1. The van der Waals surface area contributed by atoms with Crippen LogP contribution in [0.1, 0.15) is 18.1 Å². The lowest BCUT2D eigenvalue weighted by molar-refractivity contribution is 0.300. The van der Waals surface area contributed by atoms with Crippen LogP contribution in [0.3, 0.4) is 0 Å². The SMILES string of the molecule is CCNCc1ccc(OCc2ccccc2F)c(Cl)c1. The van der Waals surface area contributed by atoms with Crippen LogP contribution in [-0.4, -0.2) is 6.54 Å². The zero-order valence-electron chi connectivity index (χ0n) is 11.3. The van der Waals surface area contributed by atoms with E-state index in [0.29, 0.717) is 16.3 Å². The number of halogens is 2. The van der Waals surface area contributed by atoms with E-state index in [-0.39, 0.29) is 12.4 Å². The van der Waals surface area contributed by atoms with Gasteiger partial charge >= 0.3 is 0 Å². The number of nitrogens with one attached hydrogen (secondary N) is 1. The quantitative estimate of drug-likeness (QED) is 0.863. The van der Waals surface area contributed by atoms with Gasteiger partial charge in [0.1, 0.15) is 18.2 Å². The molecular weight excluding hydrogens is 277 g/mol. The van der Waals surface area contributed by atoms with Gasteiger partial charge in [0, 0.05) is 12.1 Å². The lowest BCUT2D eigenvalue weighted by Crippen LogP contribution is -2.11. The van der Waals surface area contributed by atoms with Gasteiger partial charge in [-0.15, -0.1) is 0 Å². The van der Waals surface area contributed by atoms with Crippen LogP contribution in [0.5, 0.6) is 5.75 Å². The first-order valence-electron chi connectivity index (χ1n) is 6.56. The Kier molecular flexibility index (Phi) is 5.39. The summed E-state index contributed by atoms with van der Waals surface area (Å²) in [7, 11) is 0. The first kappa shape index (κ1) is 14.8. The average molecular weight is 294 g/mol. The summed E-state index contributed by atoms with van der Waals surface area (Å²) in [6.07, 6.45) is 0. The molecule has 0 saturated carbocycles. The average Bonchev–Trinajstić information content (AvgIpc) is 2.45. The summed E-state index contributed by atoms with van der Waals surface area (Å²) in [5.41, 5.74) is 1.61. The third-order valence-corrected chi connectivity index (χ3v) is 3.21. The van der Waals surface area contributed by atoms with Gasteiger partial charge in [0.15, 0.2) is 0 Å². The van der Waals surface area contributed by atoms with Gasteiger partial charge in [0.05, 0.1) is 5.02 Å². The van der Waals surface area contributed by atoms with E-state index in [1.807, 2.05) is 25.1 Å². The lowest BCUT2D eigenvalue weighted by atomic mass is 10.2. The second-order valence-corrected chi connectivity index (χ2v) is 4.83. The summed E-state index contributed by atoms with van der Waals surface area (Å²) < 4.78 is 19.0. The number of benzene rings is 2. The molecule has 0 atom stereocenters. The normalized spacial score (nSPS) is 10.6. The third kappa shape index (κ3) is 3.95. The minimum absolute atomic E-state index is 0.166.